The Labute approximate surface area is 134 Å². The summed E-state index contributed by atoms with van der Waals surface area (Å²) in [4.78, 5) is 13.3. The van der Waals surface area contributed by atoms with Crippen LogP contribution in [0.15, 0.2) is 18.2 Å². The second-order valence-corrected chi connectivity index (χ2v) is 5.44. The maximum atomic E-state index is 12.8. The summed E-state index contributed by atoms with van der Waals surface area (Å²) >= 11 is 0. The number of halogens is 6. The standard InChI is InChI=1S/C15H15F6NO2/c1-2-12-13(23)22(3-4-24-12)8-9-5-10(14(16,17)18)7-11(6-9)15(19,20)21/h5-7,12H,2-4,8H2,1H3. The zero-order chi connectivity index (χ0) is 18.1. The molecule has 134 valence electrons. The maximum absolute atomic E-state index is 12.8. The average molecular weight is 355 g/mol. The number of carbonyl (C=O) groups excluding carboxylic acids is 1. The van der Waals surface area contributed by atoms with Crippen LogP contribution < -0.4 is 0 Å². The highest BCUT2D eigenvalue weighted by atomic mass is 19.4. The fraction of sp³-hybridized carbons (Fsp3) is 0.533. The zero-order valence-corrected chi connectivity index (χ0v) is 12.7. The number of nitrogens with zero attached hydrogens (tertiary/aromatic N) is 1. The molecular formula is C15H15F6NO2. The first-order valence-electron chi connectivity index (χ1n) is 7.21. The summed E-state index contributed by atoms with van der Waals surface area (Å²) in [5.74, 6) is -0.435. The second-order valence-electron chi connectivity index (χ2n) is 5.44. The normalized spacial score (nSPS) is 19.7. The van der Waals surface area contributed by atoms with Gasteiger partial charge in [-0.3, -0.25) is 4.79 Å². The highest BCUT2D eigenvalue weighted by molar-refractivity contribution is 5.81. The van der Waals surface area contributed by atoms with Crippen LogP contribution in [0.5, 0.6) is 0 Å². The van der Waals surface area contributed by atoms with Crippen molar-refractivity contribution in [1.82, 2.24) is 4.90 Å². The summed E-state index contributed by atoms with van der Waals surface area (Å²) in [5, 5.41) is 0. The van der Waals surface area contributed by atoms with Gasteiger partial charge in [0.2, 0.25) is 0 Å². The van der Waals surface area contributed by atoms with E-state index in [-0.39, 0.29) is 31.3 Å². The lowest BCUT2D eigenvalue weighted by atomic mass is 10.0. The summed E-state index contributed by atoms with van der Waals surface area (Å²) in [6, 6.07) is 1.34. The molecule has 1 heterocycles. The molecule has 0 bridgehead atoms. The molecule has 1 amide bonds. The van der Waals surface area contributed by atoms with Crippen LogP contribution in [0.25, 0.3) is 0 Å². The zero-order valence-electron chi connectivity index (χ0n) is 12.7. The molecule has 0 radical (unpaired) electrons. The Balaban J connectivity index is 2.34. The van der Waals surface area contributed by atoms with E-state index in [2.05, 4.69) is 0 Å². The molecule has 1 atom stereocenters. The quantitative estimate of drug-likeness (QED) is 0.771. The molecule has 0 N–H and O–H groups in total. The van der Waals surface area contributed by atoms with Gasteiger partial charge in [0.25, 0.3) is 5.91 Å². The predicted octanol–water partition coefficient (Wildman–Crippen LogP) is 3.86. The third-order valence-electron chi connectivity index (χ3n) is 3.66. The molecular weight excluding hydrogens is 340 g/mol. The fourth-order valence-electron chi connectivity index (χ4n) is 2.47. The summed E-state index contributed by atoms with van der Waals surface area (Å²) in [6.07, 6.45) is -10.1. The predicted molar refractivity (Wildman–Crippen MR) is 71.9 cm³/mol. The fourth-order valence-corrected chi connectivity index (χ4v) is 2.47. The molecule has 2 rings (SSSR count). The van der Waals surface area contributed by atoms with Crippen molar-refractivity contribution in [2.45, 2.75) is 38.3 Å². The Kier molecular flexibility index (Phi) is 5.12. The Morgan fingerprint density at radius 3 is 2.08 bits per heavy atom. The van der Waals surface area contributed by atoms with Crippen LogP contribution in [0.4, 0.5) is 26.3 Å². The van der Waals surface area contributed by atoms with Crippen LogP contribution in [-0.2, 0) is 28.4 Å². The number of amides is 1. The molecule has 24 heavy (non-hydrogen) atoms. The minimum atomic E-state index is -4.91. The molecule has 0 saturated carbocycles. The van der Waals surface area contributed by atoms with Crippen LogP contribution >= 0.6 is 0 Å². The molecule has 9 heteroatoms. The van der Waals surface area contributed by atoms with Gasteiger partial charge in [0, 0.05) is 13.1 Å². The van der Waals surface area contributed by atoms with Gasteiger partial charge in [-0.15, -0.1) is 0 Å². The van der Waals surface area contributed by atoms with Gasteiger partial charge < -0.3 is 9.64 Å². The highest BCUT2D eigenvalue weighted by Gasteiger charge is 2.37. The van der Waals surface area contributed by atoms with Crippen LogP contribution in [-0.4, -0.2) is 30.1 Å². The van der Waals surface area contributed by atoms with Crippen molar-refractivity contribution in [3.05, 3.63) is 34.9 Å². The van der Waals surface area contributed by atoms with Gasteiger partial charge in [-0.05, 0) is 30.2 Å². The number of rotatable bonds is 3. The molecule has 1 aliphatic rings. The molecule has 1 aromatic rings. The van der Waals surface area contributed by atoms with Crippen LogP contribution in [0.2, 0.25) is 0 Å². The number of ether oxygens (including phenoxy) is 1. The summed E-state index contributed by atoms with van der Waals surface area (Å²) in [5.41, 5.74) is -3.00. The van der Waals surface area contributed by atoms with Crippen molar-refractivity contribution in [1.29, 1.82) is 0 Å². The highest BCUT2D eigenvalue weighted by Crippen LogP contribution is 2.36. The summed E-state index contributed by atoms with van der Waals surface area (Å²) in [7, 11) is 0. The average Bonchev–Trinajstić information content (AvgIpc) is 2.47. The first-order valence-corrected chi connectivity index (χ1v) is 7.21. The van der Waals surface area contributed by atoms with Crippen LogP contribution in [0.1, 0.15) is 30.0 Å². The van der Waals surface area contributed by atoms with E-state index in [1.807, 2.05) is 0 Å². The van der Waals surface area contributed by atoms with Crippen molar-refractivity contribution < 1.29 is 35.9 Å². The molecule has 0 aliphatic carbocycles. The van der Waals surface area contributed by atoms with Gasteiger partial charge in [0.15, 0.2) is 0 Å². The minimum Gasteiger partial charge on any atom is -0.367 e. The first kappa shape index (κ1) is 18.6. The van der Waals surface area contributed by atoms with Gasteiger partial charge in [-0.1, -0.05) is 6.92 Å². The number of alkyl halides is 6. The number of carbonyl (C=O) groups is 1. The summed E-state index contributed by atoms with van der Waals surface area (Å²) < 4.78 is 82.3. The largest absolute Gasteiger partial charge is 0.416 e. The van der Waals surface area contributed by atoms with Crippen molar-refractivity contribution in [3.63, 3.8) is 0 Å². The third-order valence-corrected chi connectivity index (χ3v) is 3.66. The minimum absolute atomic E-state index is 0.0689. The molecule has 0 aromatic heterocycles. The van der Waals surface area contributed by atoms with Gasteiger partial charge in [-0.25, -0.2) is 0 Å². The van der Waals surface area contributed by atoms with E-state index in [1.165, 1.54) is 4.90 Å². The Hall–Kier alpha value is -1.77. The smallest absolute Gasteiger partial charge is 0.367 e. The van der Waals surface area contributed by atoms with E-state index in [9.17, 15) is 31.1 Å². The second kappa shape index (κ2) is 6.62. The SMILES string of the molecule is CCC1OCCN(Cc2cc(C(F)(F)F)cc(C(F)(F)F)c2)C1=O. The van der Waals surface area contributed by atoms with Crippen molar-refractivity contribution in [3.8, 4) is 0 Å². The Bertz CT molecular complexity index is 579. The molecule has 1 unspecified atom stereocenters. The number of hydrogen-bond donors (Lipinski definition) is 0. The van der Waals surface area contributed by atoms with Gasteiger partial charge in [0.1, 0.15) is 6.10 Å². The molecule has 1 saturated heterocycles. The van der Waals surface area contributed by atoms with E-state index >= 15 is 0 Å². The van der Waals surface area contributed by atoms with Gasteiger partial charge in [-0.2, -0.15) is 26.3 Å². The van der Waals surface area contributed by atoms with E-state index in [0.717, 1.165) is 0 Å². The molecule has 3 nitrogen and oxygen atoms in total. The molecule has 1 fully saturated rings. The van der Waals surface area contributed by atoms with E-state index < -0.39 is 35.5 Å². The Morgan fingerprint density at radius 1 is 1.08 bits per heavy atom. The topological polar surface area (TPSA) is 29.5 Å². The Morgan fingerprint density at radius 2 is 1.62 bits per heavy atom. The van der Waals surface area contributed by atoms with Crippen molar-refractivity contribution in [2.75, 3.05) is 13.2 Å². The maximum Gasteiger partial charge on any atom is 0.416 e. The van der Waals surface area contributed by atoms with Crippen molar-refractivity contribution in [2.24, 2.45) is 0 Å². The number of morpholine rings is 1. The lowest BCUT2D eigenvalue weighted by molar-refractivity contribution is -0.153. The van der Waals surface area contributed by atoms with Gasteiger partial charge in [0.05, 0.1) is 17.7 Å². The molecule has 0 spiro atoms. The number of benzene rings is 1. The molecule has 1 aromatic carbocycles. The van der Waals surface area contributed by atoms with E-state index in [0.29, 0.717) is 18.6 Å². The van der Waals surface area contributed by atoms with E-state index in [4.69, 9.17) is 4.74 Å². The van der Waals surface area contributed by atoms with Gasteiger partial charge >= 0.3 is 12.4 Å². The number of hydrogen-bond acceptors (Lipinski definition) is 2. The monoisotopic (exact) mass is 355 g/mol. The first-order chi connectivity index (χ1) is 11.0. The van der Waals surface area contributed by atoms with Crippen molar-refractivity contribution >= 4 is 5.91 Å². The third kappa shape index (κ3) is 4.19. The lowest BCUT2D eigenvalue weighted by Crippen LogP contribution is -2.46. The lowest BCUT2D eigenvalue weighted by Gasteiger charge is -2.32. The van der Waals surface area contributed by atoms with E-state index in [1.54, 1.807) is 6.92 Å². The molecule has 1 aliphatic heterocycles. The summed E-state index contributed by atoms with van der Waals surface area (Å²) in [6.45, 7) is 1.69. The van der Waals surface area contributed by atoms with Crippen LogP contribution in [0, 0.1) is 0 Å². The van der Waals surface area contributed by atoms with Crippen LogP contribution in [0.3, 0.4) is 0 Å².